The van der Waals surface area contributed by atoms with Gasteiger partial charge in [0, 0.05) is 36.4 Å². The first kappa shape index (κ1) is 19.7. The zero-order chi connectivity index (χ0) is 15.6. The highest BCUT2D eigenvalue weighted by Crippen LogP contribution is 2.52. The highest BCUT2D eigenvalue weighted by molar-refractivity contribution is 5.85. The minimum atomic E-state index is 0. The standard InChI is InChI=1S/C17H32N2O2.ClH/c1-6-17(7-2)14(12(4)15(17)21-5)19-16(20)13-8-9-18-11(3)10-13;/h11-15,18H,6-10H2,1-5H3,(H,19,20);1H/t11-,12?,13-,14?,15?;/m0./s1. The number of halogens is 1. The third-order valence-corrected chi connectivity index (χ3v) is 6.05. The molecule has 5 atom stereocenters. The molecule has 1 aliphatic heterocycles. The third-order valence-electron chi connectivity index (χ3n) is 6.05. The smallest absolute Gasteiger partial charge is 0.223 e. The highest BCUT2D eigenvalue weighted by atomic mass is 35.5. The Morgan fingerprint density at radius 1 is 1.32 bits per heavy atom. The van der Waals surface area contributed by atoms with E-state index in [4.69, 9.17) is 4.74 Å². The number of hydrogen-bond acceptors (Lipinski definition) is 3. The van der Waals surface area contributed by atoms with E-state index in [1.165, 1.54) is 0 Å². The number of hydrogen-bond donors (Lipinski definition) is 2. The number of ether oxygens (including phenoxy) is 1. The van der Waals surface area contributed by atoms with Crippen LogP contribution in [0.4, 0.5) is 0 Å². The van der Waals surface area contributed by atoms with Crippen LogP contribution in [0.5, 0.6) is 0 Å². The van der Waals surface area contributed by atoms with E-state index in [1.54, 1.807) is 7.11 Å². The molecule has 2 fully saturated rings. The zero-order valence-corrected chi connectivity index (χ0v) is 15.5. The van der Waals surface area contributed by atoms with Crippen molar-refractivity contribution in [3.8, 4) is 0 Å². The van der Waals surface area contributed by atoms with Gasteiger partial charge in [-0.05, 0) is 39.2 Å². The van der Waals surface area contributed by atoms with Crippen LogP contribution in [-0.4, -0.2) is 37.7 Å². The summed E-state index contributed by atoms with van der Waals surface area (Å²) < 4.78 is 5.71. The lowest BCUT2D eigenvalue weighted by molar-refractivity contribution is -0.173. The minimum absolute atomic E-state index is 0. The normalized spacial score (nSPS) is 36.9. The number of nitrogens with one attached hydrogen (secondary N) is 2. The van der Waals surface area contributed by atoms with Gasteiger partial charge in [-0.25, -0.2) is 0 Å². The average molecular weight is 333 g/mol. The van der Waals surface area contributed by atoms with Gasteiger partial charge in [0.25, 0.3) is 0 Å². The van der Waals surface area contributed by atoms with E-state index < -0.39 is 0 Å². The van der Waals surface area contributed by atoms with Gasteiger partial charge >= 0.3 is 0 Å². The van der Waals surface area contributed by atoms with E-state index >= 15 is 0 Å². The summed E-state index contributed by atoms with van der Waals surface area (Å²) >= 11 is 0. The summed E-state index contributed by atoms with van der Waals surface area (Å²) in [5.74, 6) is 0.820. The maximum atomic E-state index is 12.6. The first-order chi connectivity index (χ1) is 10.00. The first-order valence-corrected chi connectivity index (χ1v) is 8.56. The predicted molar refractivity (Wildman–Crippen MR) is 92.3 cm³/mol. The molecule has 0 aromatic heterocycles. The molecule has 0 bridgehead atoms. The summed E-state index contributed by atoms with van der Waals surface area (Å²) in [5, 5.41) is 6.78. The Morgan fingerprint density at radius 2 is 1.95 bits per heavy atom. The maximum absolute atomic E-state index is 12.6. The van der Waals surface area contributed by atoms with Crippen LogP contribution < -0.4 is 10.6 Å². The van der Waals surface area contributed by atoms with Crippen LogP contribution in [0.1, 0.15) is 53.4 Å². The summed E-state index contributed by atoms with van der Waals surface area (Å²) in [6, 6.07) is 0.706. The minimum Gasteiger partial charge on any atom is -0.380 e. The molecule has 3 unspecified atom stereocenters. The molecule has 1 aliphatic carbocycles. The lowest BCUT2D eigenvalue weighted by Crippen LogP contribution is -2.70. The predicted octanol–water partition coefficient (Wildman–Crippen LogP) is 2.75. The first-order valence-electron chi connectivity index (χ1n) is 8.56. The van der Waals surface area contributed by atoms with Crippen molar-refractivity contribution in [1.29, 1.82) is 0 Å². The van der Waals surface area contributed by atoms with Crippen LogP contribution in [0.25, 0.3) is 0 Å². The van der Waals surface area contributed by atoms with E-state index in [-0.39, 0.29) is 41.8 Å². The number of carbonyl (C=O) groups is 1. The second kappa shape index (κ2) is 7.98. The third kappa shape index (κ3) is 3.29. The van der Waals surface area contributed by atoms with Crippen LogP contribution in [0.3, 0.4) is 0 Å². The fourth-order valence-electron chi connectivity index (χ4n) is 4.74. The van der Waals surface area contributed by atoms with Crippen LogP contribution >= 0.6 is 12.4 Å². The van der Waals surface area contributed by atoms with Crippen molar-refractivity contribution in [3.63, 3.8) is 0 Å². The Bertz CT molecular complexity index is 374. The van der Waals surface area contributed by atoms with Crippen molar-refractivity contribution >= 4 is 18.3 Å². The average Bonchev–Trinajstić information content (AvgIpc) is 2.49. The second-order valence-electron chi connectivity index (χ2n) is 7.02. The summed E-state index contributed by atoms with van der Waals surface area (Å²) in [6.07, 6.45) is 4.28. The summed E-state index contributed by atoms with van der Waals surface area (Å²) in [6.45, 7) is 9.75. The molecule has 0 radical (unpaired) electrons. The Hall–Kier alpha value is -0.320. The van der Waals surface area contributed by atoms with E-state index in [2.05, 4.69) is 38.3 Å². The van der Waals surface area contributed by atoms with Gasteiger partial charge < -0.3 is 15.4 Å². The molecule has 0 spiro atoms. The Balaban J connectivity index is 0.00000242. The van der Waals surface area contributed by atoms with Gasteiger partial charge in [0.1, 0.15) is 0 Å². The zero-order valence-electron chi connectivity index (χ0n) is 14.6. The van der Waals surface area contributed by atoms with Gasteiger partial charge in [-0.1, -0.05) is 20.8 Å². The summed E-state index contributed by atoms with van der Waals surface area (Å²) in [5.41, 5.74) is 0.113. The van der Waals surface area contributed by atoms with Crippen molar-refractivity contribution < 1.29 is 9.53 Å². The molecular formula is C17H33ClN2O2. The van der Waals surface area contributed by atoms with Crippen molar-refractivity contribution in [2.75, 3.05) is 13.7 Å². The van der Waals surface area contributed by atoms with E-state index in [0.717, 1.165) is 32.2 Å². The molecular weight excluding hydrogens is 300 g/mol. The molecule has 22 heavy (non-hydrogen) atoms. The van der Waals surface area contributed by atoms with Crippen LogP contribution in [0.15, 0.2) is 0 Å². The molecule has 1 saturated carbocycles. The van der Waals surface area contributed by atoms with Crippen LogP contribution in [0.2, 0.25) is 0 Å². The molecule has 130 valence electrons. The van der Waals surface area contributed by atoms with Gasteiger partial charge in [0.2, 0.25) is 5.91 Å². The number of amides is 1. The molecule has 2 aliphatic rings. The summed E-state index contributed by atoms with van der Waals surface area (Å²) in [7, 11) is 1.80. The topological polar surface area (TPSA) is 50.4 Å². The molecule has 1 heterocycles. The second-order valence-corrected chi connectivity index (χ2v) is 7.02. The van der Waals surface area contributed by atoms with Crippen LogP contribution in [-0.2, 0) is 9.53 Å². The van der Waals surface area contributed by atoms with Gasteiger partial charge in [0.05, 0.1) is 6.10 Å². The SMILES string of the molecule is CCC1(CC)C(NC(=O)[C@H]2CCN[C@@H](C)C2)C(C)C1OC.Cl. The fourth-order valence-corrected chi connectivity index (χ4v) is 4.74. The van der Waals surface area contributed by atoms with E-state index in [1.807, 2.05) is 0 Å². The lowest BCUT2D eigenvalue weighted by atomic mass is 9.53. The molecule has 5 heteroatoms. The molecule has 1 amide bonds. The van der Waals surface area contributed by atoms with Crippen molar-refractivity contribution in [3.05, 3.63) is 0 Å². The Labute approximate surface area is 141 Å². The molecule has 0 aromatic rings. The Kier molecular flexibility index (Phi) is 7.16. The number of piperidine rings is 1. The van der Waals surface area contributed by atoms with Gasteiger partial charge in [-0.3, -0.25) is 4.79 Å². The molecule has 2 N–H and O–H groups in total. The monoisotopic (exact) mass is 332 g/mol. The molecule has 4 nitrogen and oxygen atoms in total. The van der Waals surface area contributed by atoms with Crippen molar-refractivity contribution in [2.24, 2.45) is 17.3 Å². The largest absolute Gasteiger partial charge is 0.380 e. The van der Waals surface area contributed by atoms with Crippen LogP contribution in [0, 0.1) is 17.3 Å². The number of methoxy groups -OCH3 is 1. The molecule has 1 saturated heterocycles. The number of rotatable bonds is 5. The van der Waals surface area contributed by atoms with E-state index in [0.29, 0.717) is 12.0 Å². The van der Waals surface area contributed by atoms with Gasteiger partial charge in [-0.15, -0.1) is 12.4 Å². The highest BCUT2D eigenvalue weighted by Gasteiger charge is 2.59. The molecule has 0 aromatic carbocycles. The lowest BCUT2D eigenvalue weighted by Gasteiger charge is -2.60. The van der Waals surface area contributed by atoms with Crippen molar-refractivity contribution in [1.82, 2.24) is 10.6 Å². The summed E-state index contributed by atoms with van der Waals surface area (Å²) in [4.78, 5) is 12.6. The van der Waals surface area contributed by atoms with Gasteiger partial charge in [0.15, 0.2) is 0 Å². The molecule has 2 rings (SSSR count). The maximum Gasteiger partial charge on any atom is 0.223 e. The Morgan fingerprint density at radius 3 is 2.45 bits per heavy atom. The fraction of sp³-hybridized carbons (Fsp3) is 0.941. The van der Waals surface area contributed by atoms with E-state index in [9.17, 15) is 4.79 Å². The quantitative estimate of drug-likeness (QED) is 0.814. The number of carbonyl (C=O) groups excluding carboxylic acids is 1. The van der Waals surface area contributed by atoms with Gasteiger partial charge in [-0.2, -0.15) is 0 Å². The van der Waals surface area contributed by atoms with Crippen molar-refractivity contribution in [2.45, 2.75) is 71.6 Å².